The third kappa shape index (κ3) is 1.63. The molecular formula is C12H15N3. The molecule has 0 aliphatic carbocycles. The van der Waals surface area contributed by atoms with Crippen LogP contribution in [-0.2, 0) is 6.54 Å². The molecule has 15 heavy (non-hydrogen) atoms. The molecule has 78 valence electrons. The third-order valence-corrected chi connectivity index (χ3v) is 3.14. The molecule has 0 amide bonds. The monoisotopic (exact) mass is 201 g/mol. The molecule has 1 saturated heterocycles. The van der Waals surface area contributed by atoms with Crippen LogP contribution in [0.4, 0.5) is 0 Å². The SMILES string of the molecule is c1ccc2c(c1)ncn2C[C@@H]1CCNC1. The maximum absolute atomic E-state index is 4.40. The molecule has 1 aliphatic heterocycles. The van der Waals surface area contributed by atoms with Crippen LogP contribution in [0, 0.1) is 5.92 Å². The molecule has 1 fully saturated rings. The second-order valence-electron chi connectivity index (χ2n) is 4.24. The smallest absolute Gasteiger partial charge is 0.0958 e. The lowest BCUT2D eigenvalue weighted by Gasteiger charge is -2.09. The van der Waals surface area contributed by atoms with Crippen LogP contribution in [0.3, 0.4) is 0 Å². The summed E-state index contributed by atoms with van der Waals surface area (Å²) in [5, 5.41) is 3.40. The molecule has 0 unspecified atom stereocenters. The van der Waals surface area contributed by atoms with Gasteiger partial charge in [-0.25, -0.2) is 4.98 Å². The van der Waals surface area contributed by atoms with Gasteiger partial charge in [0.05, 0.1) is 17.4 Å². The molecule has 1 N–H and O–H groups in total. The first-order valence-electron chi connectivity index (χ1n) is 5.54. The van der Waals surface area contributed by atoms with E-state index >= 15 is 0 Å². The van der Waals surface area contributed by atoms with Gasteiger partial charge >= 0.3 is 0 Å². The van der Waals surface area contributed by atoms with E-state index in [1.54, 1.807) is 0 Å². The predicted molar refractivity (Wildman–Crippen MR) is 60.7 cm³/mol. The van der Waals surface area contributed by atoms with E-state index in [9.17, 15) is 0 Å². The first-order valence-corrected chi connectivity index (χ1v) is 5.54. The molecule has 3 heteroatoms. The summed E-state index contributed by atoms with van der Waals surface area (Å²) in [6, 6.07) is 8.33. The molecule has 0 radical (unpaired) electrons. The summed E-state index contributed by atoms with van der Waals surface area (Å²) in [5.74, 6) is 0.766. The van der Waals surface area contributed by atoms with Crippen molar-refractivity contribution in [3.05, 3.63) is 30.6 Å². The van der Waals surface area contributed by atoms with Crippen molar-refractivity contribution < 1.29 is 0 Å². The van der Waals surface area contributed by atoms with Crippen molar-refractivity contribution in [2.45, 2.75) is 13.0 Å². The van der Waals surface area contributed by atoms with Crippen LogP contribution in [0.1, 0.15) is 6.42 Å². The van der Waals surface area contributed by atoms with Crippen LogP contribution >= 0.6 is 0 Å². The Morgan fingerprint density at radius 1 is 1.40 bits per heavy atom. The Morgan fingerprint density at radius 3 is 3.20 bits per heavy atom. The summed E-state index contributed by atoms with van der Waals surface area (Å²) in [5.41, 5.74) is 2.35. The molecule has 1 aliphatic rings. The van der Waals surface area contributed by atoms with E-state index in [2.05, 4.69) is 33.1 Å². The second-order valence-corrected chi connectivity index (χ2v) is 4.24. The van der Waals surface area contributed by atoms with E-state index in [0.717, 1.165) is 31.1 Å². The summed E-state index contributed by atoms with van der Waals surface area (Å²) in [6.45, 7) is 3.40. The molecule has 2 aromatic rings. The van der Waals surface area contributed by atoms with E-state index in [4.69, 9.17) is 0 Å². The van der Waals surface area contributed by atoms with Gasteiger partial charge in [0.1, 0.15) is 0 Å². The van der Waals surface area contributed by atoms with Crippen molar-refractivity contribution in [3.8, 4) is 0 Å². The van der Waals surface area contributed by atoms with Crippen LogP contribution in [0.5, 0.6) is 0 Å². The minimum absolute atomic E-state index is 0.766. The van der Waals surface area contributed by atoms with E-state index in [1.807, 2.05) is 12.4 Å². The van der Waals surface area contributed by atoms with Gasteiger partial charge in [0.15, 0.2) is 0 Å². The molecule has 0 spiro atoms. The number of fused-ring (bicyclic) bond motifs is 1. The predicted octanol–water partition coefficient (Wildman–Crippen LogP) is 1.65. The van der Waals surface area contributed by atoms with E-state index in [0.29, 0.717) is 0 Å². The van der Waals surface area contributed by atoms with E-state index in [-0.39, 0.29) is 0 Å². The number of hydrogen-bond acceptors (Lipinski definition) is 2. The molecule has 0 saturated carbocycles. The summed E-state index contributed by atoms with van der Waals surface area (Å²) in [6.07, 6.45) is 3.25. The fraction of sp³-hybridized carbons (Fsp3) is 0.417. The zero-order valence-corrected chi connectivity index (χ0v) is 8.69. The zero-order valence-electron chi connectivity index (χ0n) is 8.69. The second kappa shape index (κ2) is 3.66. The number of imidazole rings is 1. The van der Waals surface area contributed by atoms with Gasteiger partial charge in [-0.2, -0.15) is 0 Å². The summed E-state index contributed by atoms with van der Waals surface area (Å²) < 4.78 is 2.27. The van der Waals surface area contributed by atoms with Gasteiger partial charge in [-0.05, 0) is 37.6 Å². The van der Waals surface area contributed by atoms with Crippen LogP contribution in [0.15, 0.2) is 30.6 Å². The Morgan fingerprint density at radius 2 is 2.33 bits per heavy atom. The Bertz CT molecular complexity index is 455. The summed E-state index contributed by atoms with van der Waals surface area (Å²) in [7, 11) is 0. The average molecular weight is 201 g/mol. The van der Waals surface area contributed by atoms with E-state index < -0.39 is 0 Å². The van der Waals surface area contributed by atoms with Crippen molar-refractivity contribution in [2.75, 3.05) is 13.1 Å². The lowest BCUT2D eigenvalue weighted by molar-refractivity contribution is 0.489. The minimum atomic E-state index is 0.766. The Balaban J connectivity index is 1.90. The minimum Gasteiger partial charge on any atom is -0.330 e. The highest BCUT2D eigenvalue weighted by atomic mass is 15.1. The lowest BCUT2D eigenvalue weighted by Crippen LogP contribution is -2.13. The lowest BCUT2D eigenvalue weighted by atomic mass is 10.1. The first kappa shape index (κ1) is 8.92. The van der Waals surface area contributed by atoms with Gasteiger partial charge in [-0.15, -0.1) is 0 Å². The number of benzene rings is 1. The number of nitrogens with one attached hydrogen (secondary N) is 1. The molecule has 1 aromatic carbocycles. The maximum Gasteiger partial charge on any atom is 0.0958 e. The number of hydrogen-bond donors (Lipinski definition) is 1. The molecule has 3 nitrogen and oxygen atoms in total. The van der Waals surface area contributed by atoms with Crippen molar-refractivity contribution in [2.24, 2.45) is 5.92 Å². The fourth-order valence-electron chi connectivity index (χ4n) is 2.30. The standard InChI is InChI=1S/C12H15N3/c1-2-4-12-11(3-1)14-9-15(12)8-10-5-6-13-7-10/h1-4,9-10,13H,5-8H2/t10-/m1/s1. The third-order valence-electron chi connectivity index (χ3n) is 3.14. The van der Waals surface area contributed by atoms with Gasteiger partial charge < -0.3 is 9.88 Å². The van der Waals surface area contributed by atoms with Crippen LogP contribution in [0.25, 0.3) is 11.0 Å². The molecule has 3 rings (SSSR count). The van der Waals surface area contributed by atoms with Gasteiger partial charge in [0.2, 0.25) is 0 Å². The summed E-state index contributed by atoms with van der Waals surface area (Å²) in [4.78, 5) is 4.40. The highest BCUT2D eigenvalue weighted by Gasteiger charge is 2.15. The average Bonchev–Trinajstić information content (AvgIpc) is 2.89. The van der Waals surface area contributed by atoms with Crippen molar-refractivity contribution >= 4 is 11.0 Å². The molecular weight excluding hydrogens is 186 g/mol. The number of nitrogens with zero attached hydrogens (tertiary/aromatic N) is 2. The van der Waals surface area contributed by atoms with Crippen molar-refractivity contribution in [1.29, 1.82) is 0 Å². The molecule has 0 bridgehead atoms. The Labute approximate surface area is 89.1 Å². The van der Waals surface area contributed by atoms with Gasteiger partial charge in [-0.3, -0.25) is 0 Å². The number of aromatic nitrogens is 2. The van der Waals surface area contributed by atoms with Crippen LogP contribution in [0.2, 0.25) is 0 Å². The van der Waals surface area contributed by atoms with Gasteiger partial charge in [0, 0.05) is 6.54 Å². The van der Waals surface area contributed by atoms with E-state index in [1.165, 1.54) is 11.9 Å². The van der Waals surface area contributed by atoms with Gasteiger partial charge in [-0.1, -0.05) is 12.1 Å². The fourth-order valence-corrected chi connectivity index (χ4v) is 2.30. The molecule has 1 aromatic heterocycles. The topological polar surface area (TPSA) is 29.9 Å². The molecule has 1 atom stereocenters. The zero-order chi connectivity index (χ0) is 10.1. The van der Waals surface area contributed by atoms with Crippen molar-refractivity contribution in [3.63, 3.8) is 0 Å². The quantitative estimate of drug-likeness (QED) is 0.800. The Hall–Kier alpha value is -1.35. The maximum atomic E-state index is 4.40. The van der Waals surface area contributed by atoms with Crippen LogP contribution in [-0.4, -0.2) is 22.6 Å². The normalized spacial score (nSPS) is 21.2. The first-order chi connectivity index (χ1) is 7.43. The van der Waals surface area contributed by atoms with Crippen LogP contribution < -0.4 is 5.32 Å². The highest BCUT2D eigenvalue weighted by Crippen LogP contribution is 2.16. The Kier molecular flexibility index (Phi) is 2.18. The highest BCUT2D eigenvalue weighted by molar-refractivity contribution is 5.74. The number of rotatable bonds is 2. The van der Waals surface area contributed by atoms with Crippen molar-refractivity contribution in [1.82, 2.24) is 14.9 Å². The number of para-hydroxylation sites is 2. The largest absolute Gasteiger partial charge is 0.330 e. The van der Waals surface area contributed by atoms with Gasteiger partial charge in [0.25, 0.3) is 0 Å². The molecule has 2 heterocycles. The summed E-state index contributed by atoms with van der Waals surface area (Å²) >= 11 is 0.